The van der Waals surface area contributed by atoms with Crippen molar-refractivity contribution in [1.29, 1.82) is 0 Å². The van der Waals surface area contributed by atoms with Crippen LogP contribution in [0.3, 0.4) is 0 Å². The molecule has 88 heavy (non-hydrogen) atoms. The first kappa shape index (κ1) is 50.8. The van der Waals surface area contributed by atoms with E-state index in [2.05, 4.69) is 161 Å². The van der Waals surface area contributed by atoms with Crippen LogP contribution in [-0.2, 0) is 0 Å². The summed E-state index contributed by atoms with van der Waals surface area (Å²) in [5.74, 6) is 3.75. The van der Waals surface area contributed by atoms with Crippen LogP contribution in [0.15, 0.2) is 296 Å². The number of para-hydroxylation sites is 3. The SMILES string of the molecule is c1ccc(-c2nc(-c3ccccc3)nc(-n3c4ccccc4c4cc(-c5ccc6c(c5)oc5ccccc56)ccc43)n2)cc1.c1ccc(-c2nc(-c3ccccc3)nc(-n3c4ccccc4c4cc(-c5ccc6c(c5)sc5ccccc56)ccc43)n2)cc1. The van der Waals surface area contributed by atoms with Crippen LogP contribution < -0.4 is 0 Å². The van der Waals surface area contributed by atoms with Gasteiger partial charge in [-0.3, -0.25) is 9.13 Å². The van der Waals surface area contributed by atoms with Crippen molar-refractivity contribution in [2.75, 3.05) is 0 Å². The molecule has 0 saturated carbocycles. The van der Waals surface area contributed by atoms with Gasteiger partial charge < -0.3 is 4.42 Å². The summed E-state index contributed by atoms with van der Waals surface area (Å²) < 4.78 is 13.1. The summed E-state index contributed by atoms with van der Waals surface area (Å²) in [7, 11) is 0. The Morgan fingerprint density at radius 3 is 1.08 bits per heavy atom. The van der Waals surface area contributed by atoms with Gasteiger partial charge in [-0.2, -0.15) is 19.9 Å². The van der Waals surface area contributed by atoms with Crippen LogP contribution in [0.4, 0.5) is 0 Å². The molecule has 6 aromatic heterocycles. The molecule has 0 saturated heterocycles. The third kappa shape index (κ3) is 8.85. The number of fused-ring (bicyclic) bond motifs is 12. The first-order valence-electron chi connectivity index (χ1n) is 29.2. The Balaban J connectivity index is 0.000000137. The molecule has 0 aliphatic rings. The zero-order valence-electron chi connectivity index (χ0n) is 47.1. The Bertz CT molecular complexity index is 5230. The topological polar surface area (TPSA) is 100 Å². The molecule has 12 aromatic carbocycles. The Morgan fingerprint density at radius 2 is 0.580 bits per heavy atom. The number of nitrogens with zero attached hydrogens (tertiary/aromatic N) is 8. The molecular weight excluding hydrogens is 1100 g/mol. The molecule has 6 heterocycles. The molecule has 412 valence electrons. The van der Waals surface area contributed by atoms with Gasteiger partial charge in [0.1, 0.15) is 11.2 Å². The second kappa shape index (κ2) is 21.1. The van der Waals surface area contributed by atoms with E-state index in [4.69, 9.17) is 34.3 Å². The van der Waals surface area contributed by atoms with E-state index in [0.29, 0.717) is 35.2 Å². The van der Waals surface area contributed by atoms with Gasteiger partial charge in [0.25, 0.3) is 0 Å². The van der Waals surface area contributed by atoms with Crippen LogP contribution in [0.5, 0.6) is 0 Å². The van der Waals surface area contributed by atoms with Gasteiger partial charge in [0.05, 0.1) is 22.1 Å². The van der Waals surface area contributed by atoms with Gasteiger partial charge in [-0.25, -0.2) is 9.97 Å². The lowest BCUT2D eigenvalue weighted by Gasteiger charge is -2.11. The maximum atomic E-state index is 6.20. The molecule has 0 unspecified atom stereocenters. The Hall–Kier alpha value is -11.7. The predicted molar refractivity (Wildman–Crippen MR) is 361 cm³/mol. The molecule has 0 spiro atoms. The Labute approximate surface area is 508 Å². The molecule has 0 fully saturated rings. The third-order valence-electron chi connectivity index (χ3n) is 16.5. The van der Waals surface area contributed by atoms with Crippen LogP contribution in [0, 0.1) is 0 Å². The molecular formula is C78H48N8OS. The van der Waals surface area contributed by atoms with E-state index in [1.807, 2.05) is 151 Å². The van der Waals surface area contributed by atoms with Crippen LogP contribution in [0.25, 0.3) is 165 Å². The second-order valence-electron chi connectivity index (χ2n) is 21.8. The molecule has 0 amide bonds. The predicted octanol–water partition coefficient (Wildman–Crippen LogP) is 20.2. The van der Waals surface area contributed by atoms with Gasteiger partial charge >= 0.3 is 0 Å². The first-order valence-corrected chi connectivity index (χ1v) is 30.1. The van der Waals surface area contributed by atoms with Gasteiger partial charge in [-0.05, 0) is 89.0 Å². The lowest BCUT2D eigenvalue weighted by Crippen LogP contribution is -2.06. The van der Waals surface area contributed by atoms with E-state index in [1.54, 1.807) is 0 Å². The zero-order chi connectivity index (χ0) is 58.1. The van der Waals surface area contributed by atoms with E-state index >= 15 is 0 Å². The van der Waals surface area contributed by atoms with E-state index in [1.165, 1.54) is 31.3 Å². The number of furan rings is 1. The maximum absolute atomic E-state index is 6.20. The van der Waals surface area contributed by atoms with Crippen molar-refractivity contribution in [3.05, 3.63) is 291 Å². The molecule has 18 rings (SSSR count). The maximum Gasteiger partial charge on any atom is 0.238 e. The highest BCUT2D eigenvalue weighted by molar-refractivity contribution is 7.25. The normalized spacial score (nSPS) is 11.6. The zero-order valence-corrected chi connectivity index (χ0v) is 47.9. The van der Waals surface area contributed by atoms with Gasteiger partial charge in [0.15, 0.2) is 23.3 Å². The van der Waals surface area contributed by atoms with Crippen molar-refractivity contribution < 1.29 is 4.42 Å². The van der Waals surface area contributed by atoms with Crippen molar-refractivity contribution in [1.82, 2.24) is 39.0 Å². The minimum Gasteiger partial charge on any atom is -0.456 e. The van der Waals surface area contributed by atoms with Crippen molar-refractivity contribution in [3.63, 3.8) is 0 Å². The van der Waals surface area contributed by atoms with Crippen LogP contribution in [0.2, 0.25) is 0 Å². The van der Waals surface area contributed by atoms with Crippen LogP contribution >= 0.6 is 11.3 Å². The molecule has 0 atom stereocenters. The number of hydrogen-bond acceptors (Lipinski definition) is 8. The quantitative estimate of drug-likeness (QED) is 0.149. The standard InChI is InChI=1S/C39H24N4O.C39H24N4S/c2*1-3-11-25(12-4-1)37-40-38(26-13-5-2-6-14-26)42-39(41-37)43-33-17-9-7-15-29(33)32-23-27(20-22-34(32)43)28-19-21-31-30-16-8-10-18-35(30)44-36(31)24-28/h2*1-24H. The van der Waals surface area contributed by atoms with Crippen molar-refractivity contribution in [2.45, 2.75) is 0 Å². The fourth-order valence-corrected chi connectivity index (χ4v) is 13.5. The molecule has 0 N–H and O–H groups in total. The highest BCUT2D eigenvalue weighted by Crippen LogP contribution is 2.41. The largest absolute Gasteiger partial charge is 0.456 e. The van der Waals surface area contributed by atoms with E-state index in [-0.39, 0.29) is 0 Å². The minimum atomic E-state index is 0.584. The smallest absolute Gasteiger partial charge is 0.238 e. The van der Waals surface area contributed by atoms with Gasteiger partial charge in [0, 0.05) is 74.7 Å². The fraction of sp³-hybridized carbons (Fsp3) is 0. The average molecular weight is 1150 g/mol. The average Bonchev–Trinajstić information content (AvgIpc) is 1.95. The van der Waals surface area contributed by atoms with Crippen molar-refractivity contribution in [2.24, 2.45) is 0 Å². The molecule has 10 heteroatoms. The summed E-state index contributed by atoms with van der Waals surface area (Å²) in [6, 6.07) is 101. The number of hydrogen-bond donors (Lipinski definition) is 0. The number of benzene rings is 12. The summed E-state index contributed by atoms with van der Waals surface area (Å²) in [4.78, 5) is 30.0. The molecule has 0 radical (unpaired) electrons. The second-order valence-corrected chi connectivity index (χ2v) is 22.9. The molecule has 0 aliphatic heterocycles. The monoisotopic (exact) mass is 1140 g/mol. The Morgan fingerprint density at radius 1 is 0.227 bits per heavy atom. The highest BCUT2D eigenvalue weighted by atomic mass is 32.1. The first-order chi connectivity index (χ1) is 43.6. The van der Waals surface area contributed by atoms with Crippen molar-refractivity contribution in [3.8, 4) is 79.7 Å². The van der Waals surface area contributed by atoms with Gasteiger partial charge in [-0.1, -0.05) is 224 Å². The minimum absolute atomic E-state index is 0.584. The summed E-state index contributed by atoms with van der Waals surface area (Å²) >= 11 is 1.85. The molecule has 0 bridgehead atoms. The van der Waals surface area contributed by atoms with E-state index < -0.39 is 0 Å². The summed E-state index contributed by atoms with van der Waals surface area (Å²) in [5, 5.41) is 9.48. The van der Waals surface area contributed by atoms with E-state index in [9.17, 15) is 0 Å². The number of thiophene rings is 1. The lowest BCUT2D eigenvalue weighted by molar-refractivity contribution is 0.669. The molecule has 9 nitrogen and oxygen atoms in total. The summed E-state index contributed by atoms with van der Waals surface area (Å²) in [5.41, 5.74) is 14.4. The number of rotatable bonds is 8. The molecule has 0 aliphatic carbocycles. The van der Waals surface area contributed by atoms with Crippen LogP contribution in [-0.4, -0.2) is 39.0 Å². The Kier molecular flexibility index (Phi) is 12.2. The van der Waals surface area contributed by atoms with Crippen molar-refractivity contribution >= 4 is 97.1 Å². The molecule has 18 aromatic rings. The lowest BCUT2D eigenvalue weighted by atomic mass is 10.0. The van der Waals surface area contributed by atoms with Gasteiger partial charge in [-0.15, -0.1) is 11.3 Å². The third-order valence-corrected chi connectivity index (χ3v) is 17.7. The number of aromatic nitrogens is 8. The van der Waals surface area contributed by atoms with E-state index in [0.717, 1.165) is 98.9 Å². The van der Waals surface area contributed by atoms with Gasteiger partial charge in [0.2, 0.25) is 11.9 Å². The summed E-state index contributed by atoms with van der Waals surface area (Å²) in [6.45, 7) is 0. The highest BCUT2D eigenvalue weighted by Gasteiger charge is 2.21. The van der Waals surface area contributed by atoms with Crippen LogP contribution in [0.1, 0.15) is 0 Å². The summed E-state index contributed by atoms with van der Waals surface area (Å²) in [6.07, 6.45) is 0. The fourth-order valence-electron chi connectivity index (χ4n) is 12.3.